The molecule has 7 nitrogen and oxygen atoms in total. The Bertz CT molecular complexity index is 1090. The lowest BCUT2D eigenvalue weighted by atomic mass is 9.96. The van der Waals surface area contributed by atoms with Crippen molar-refractivity contribution in [3.63, 3.8) is 0 Å². The molecule has 0 unspecified atom stereocenters. The third-order valence-corrected chi connectivity index (χ3v) is 5.18. The maximum atomic E-state index is 6.05. The predicted octanol–water partition coefficient (Wildman–Crippen LogP) is 4.62. The number of aromatic nitrogens is 4. The van der Waals surface area contributed by atoms with Crippen LogP contribution in [-0.2, 0) is 11.3 Å². The monoisotopic (exact) mass is 402 g/mol. The standard InChI is InChI=1S/C23H22N4O3/c1-2-4-20-19(3-1)26-23(27-20)29-15-16-5-7-18(8-6-16)30-22-21(24-11-12-25-22)17-9-13-28-14-10-17/h1-8,11-12,17H,9-10,13-15H2,(H,26,27). The number of rotatable bonds is 6. The maximum absolute atomic E-state index is 6.05. The van der Waals surface area contributed by atoms with Crippen LogP contribution in [0, 0.1) is 0 Å². The largest absolute Gasteiger partial charge is 0.460 e. The fourth-order valence-electron chi connectivity index (χ4n) is 3.58. The van der Waals surface area contributed by atoms with Crippen LogP contribution < -0.4 is 9.47 Å². The summed E-state index contributed by atoms with van der Waals surface area (Å²) in [6, 6.07) is 16.1. The summed E-state index contributed by atoms with van der Waals surface area (Å²) in [6.07, 6.45) is 5.25. The van der Waals surface area contributed by atoms with E-state index in [1.165, 1.54) is 0 Å². The Labute approximate surface area is 174 Å². The quantitative estimate of drug-likeness (QED) is 0.507. The highest BCUT2D eigenvalue weighted by molar-refractivity contribution is 5.75. The number of para-hydroxylation sites is 2. The van der Waals surface area contributed by atoms with E-state index in [4.69, 9.17) is 14.2 Å². The summed E-state index contributed by atoms with van der Waals surface area (Å²) >= 11 is 0. The normalized spacial score (nSPS) is 14.7. The highest BCUT2D eigenvalue weighted by Crippen LogP contribution is 2.32. The van der Waals surface area contributed by atoms with E-state index in [2.05, 4.69) is 19.9 Å². The number of hydrogen-bond donors (Lipinski definition) is 1. The lowest BCUT2D eigenvalue weighted by Gasteiger charge is -2.22. The Morgan fingerprint density at radius 1 is 0.967 bits per heavy atom. The van der Waals surface area contributed by atoms with Gasteiger partial charge < -0.3 is 19.2 Å². The lowest BCUT2D eigenvalue weighted by molar-refractivity contribution is 0.0839. The molecule has 152 valence electrons. The van der Waals surface area contributed by atoms with Crippen molar-refractivity contribution in [2.75, 3.05) is 13.2 Å². The van der Waals surface area contributed by atoms with E-state index >= 15 is 0 Å². The molecular weight excluding hydrogens is 380 g/mol. The molecule has 5 rings (SSSR count). The van der Waals surface area contributed by atoms with Gasteiger partial charge in [-0.1, -0.05) is 24.3 Å². The summed E-state index contributed by atoms with van der Waals surface area (Å²) in [5.41, 5.74) is 3.77. The zero-order valence-electron chi connectivity index (χ0n) is 16.5. The van der Waals surface area contributed by atoms with Gasteiger partial charge in [0.05, 0.1) is 11.0 Å². The number of nitrogens with one attached hydrogen (secondary N) is 1. The van der Waals surface area contributed by atoms with E-state index in [0.717, 1.165) is 54.1 Å². The molecule has 30 heavy (non-hydrogen) atoms. The van der Waals surface area contributed by atoms with E-state index in [1.54, 1.807) is 12.4 Å². The minimum Gasteiger partial charge on any atom is -0.460 e. The minimum absolute atomic E-state index is 0.318. The van der Waals surface area contributed by atoms with Crippen LogP contribution in [0.2, 0.25) is 0 Å². The molecule has 1 N–H and O–H groups in total. The van der Waals surface area contributed by atoms with Crippen molar-refractivity contribution in [3.8, 4) is 17.6 Å². The van der Waals surface area contributed by atoms with Crippen molar-refractivity contribution < 1.29 is 14.2 Å². The minimum atomic E-state index is 0.318. The van der Waals surface area contributed by atoms with Crippen molar-refractivity contribution in [1.29, 1.82) is 0 Å². The summed E-state index contributed by atoms with van der Waals surface area (Å²) in [5, 5.41) is 0. The van der Waals surface area contributed by atoms with Crippen molar-refractivity contribution >= 4 is 11.0 Å². The Kier molecular flexibility index (Phi) is 5.26. The fourth-order valence-corrected chi connectivity index (χ4v) is 3.58. The first-order valence-corrected chi connectivity index (χ1v) is 10.1. The van der Waals surface area contributed by atoms with Crippen LogP contribution >= 0.6 is 0 Å². The van der Waals surface area contributed by atoms with Crippen molar-refractivity contribution in [1.82, 2.24) is 19.9 Å². The van der Waals surface area contributed by atoms with Gasteiger partial charge in [0.2, 0.25) is 5.88 Å². The van der Waals surface area contributed by atoms with Crippen LogP contribution in [0.5, 0.6) is 17.6 Å². The van der Waals surface area contributed by atoms with Crippen LogP contribution in [0.3, 0.4) is 0 Å². The first kappa shape index (κ1) is 18.6. The first-order chi connectivity index (χ1) is 14.8. The highest BCUT2D eigenvalue weighted by Gasteiger charge is 2.22. The van der Waals surface area contributed by atoms with Crippen molar-refractivity contribution in [2.45, 2.75) is 25.4 Å². The van der Waals surface area contributed by atoms with Crippen LogP contribution in [0.4, 0.5) is 0 Å². The number of imidazole rings is 1. The van der Waals surface area contributed by atoms with E-state index in [-0.39, 0.29) is 0 Å². The summed E-state index contributed by atoms with van der Waals surface area (Å²) in [7, 11) is 0. The third-order valence-electron chi connectivity index (χ3n) is 5.18. The molecule has 4 aromatic rings. The number of H-pyrrole nitrogens is 1. The first-order valence-electron chi connectivity index (χ1n) is 10.1. The van der Waals surface area contributed by atoms with Crippen molar-refractivity contribution in [3.05, 3.63) is 72.2 Å². The molecule has 1 saturated heterocycles. The van der Waals surface area contributed by atoms with Crippen LogP contribution in [-0.4, -0.2) is 33.1 Å². The number of benzene rings is 2. The Balaban J connectivity index is 1.24. The SMILES string of the molecule is c1ccc2[nH]c(OCc3ccc(Oc4nccnc4C4CCOCC4)cc3)nc2c1. The maximum Gasteiger partial charge on any atom is 0.294 e. The molecule has 2 aromatic carbocycles. The third kappa shape index (κ3) is 4.11. The van der Waals surface area contributed by atoms with Gasteiger partial charge in [0.1, 0.15) is 18.1 Å². The highest BCUT2D eigenvalue weighted by atomic mass is 16.5. The summed E-state index contributed by atoms with van der Waals surface area (Å²) in [5.74, 6) is 1.60. The summed E-state index contributed by atoms with van der Waals surface area (Å²) < 4.78 is 17.3. The average Bonchev–Trinajstić information content (AvgIpc) is 3.23. The summed E-state index contributed by atoms with van der Waals surface area (Å²) in [4.78, 5) is 16.5. The second kappa shape index (κ2) is 8.51. The molecule has 1 aliphatic rings. The lowest BCUT2D eigenvalue weighted by Crippen LogP contribution is -2.16. The number of nitrogens with zero attached hydrogens (tertiary/aromatic N) is 3. The molecule has 0 radical (unpaired) electrons. The van der Waals surface area contributed by atoms with Gasteiger partial charge in [0, 0.05) is 31.5 Å². The molecule has 1 aliphatic heterocycles. The average molecular weight is 402 g/mol. The molecule has 0 atom stereocenters. The van der Waals surface area contributed by atoms with Crippen molar-refractivity contribution in [2.24, 2.45) is 0 Å². The van der Waals surface area contributed by atoms with E-state index < -0.39 is 0 Å². The zero-order valence-corrected chi connectivity index (χ0v) is 16.5. The fraction of sp³-hybridized carbons (Fsp3) is 0.261. The number of aromatic amines is 1. The topological polar surface area (TPSA) is 82.2 Å². The second-order valence-electron chi connectivity index (χ2n) is 7.23. The van der Waals surface area contributed by atoms with Gasteiger partial charge in [-0.15, -0.1) is 0 Å². The van der Waals surface area contributed by atoms with Gasteiger partial charge in [-0.25, -0.2) is 4.98 Å². The molecule has 0 aliphatic carbocycles. The van der Waals surface area contributed by atoms with Gasteiger partial charge in [0.15, 0.2) is 0 Å². The van der Waals surface area contributed by atoms with Crippen LogP contribution in [0.1, 0.15) is 30.0 Å². The Hall–Kier alpha value is -3.45. The number of fused-ring (bicyclic) bond motifs is 1. The molecule has 0 saturated carbocycles. The van der Waals surface area contributed by atoms with Gasteiger partial charge in [-0.2, -0.15) is 4.98 Å². The van der Waals surface area contributed by atoms with Gasteiger partial charge in [-0.05, 0) is 42.7 Å². The summed E-state index contributed by atoms with van der Waals surface area (Å²) in [6.45, 7) is 1.92. The van der Waals surface area contributed by atoms with Crippen LogP contribution in [0.15, 0.2) is 60.9 Å². The molecule has 1 fully saturated rings. The molecule has 2 aromatic heterocycles. The van der Waals surface area contributed by atoms with Gasteiger partial charge in [0.25, 0.3) is 6.01 Å². The van der Waals surface area contributed by atoms with E-state index in [9.17, 15) is 0 Å². The van der Waals surface area contributed by atoms with Gasteiger partial charge >= 0.3 is 0 Å². The molecular formula is C23H22N4O3. The smallest absolute Gasteiger partial charge is 0.294 e. The Morgan fingerprint density at radius 3 is 2.60 bits per heavy atom. The van der Waals surface area contributed by atoms with E-state index in [1.807, 2.05) is 48.5 Å². The zero-order chi connectivity index (χ0) is 20.2. The second-order valence-corrected chi connectivity index (χ2v) is 7.23. The predicted molar refractivity (Wildman–Crippen MR) is 112 cm³/mol. The Morgan fingerprint density at radius 2 is 1.77 bits per heavy atom. The van der Waals surface area contributed by atoms with E-state index in [0.29, 0.717) is 24.4 Å². The molecule has 0 bridgehead atoms. The van der Waals surface area contributed by atoms with Crippen LogP contribution in [0.25, 0.3) is 11.0 Å². The number of hydrogen-bond acceptors (Lipinski definition) is 6. The molecule has 0 amide bonds. The molecule has 0 spiro atoms. The molecule has 7 heteroatoms. The van der Waals surface area contributed by atoms with Gasteiger partial charge in [-0.3, -0.25) is 4.98 Å². The number of ether oxygens (including phenoxy) is 3. The molecule has 3 heterocycles.